The van der Waals surface area contributed by atoms with Crippen molar-refractivity contribution < 1.29 is 4.74 Å². The van der Waals surface area contributed by atoms with Gasteiger partial charge in [-0.1, -0.05) is 19.3 Å². The number of hydrogen-bond donors (Lipinski definition) is 1. The quantitative estimate of drug-likeness (QED) is 0.786. The second-order valence-corrected chi connectivity index (χ2v) is 6.83. The van der Waals surface area contributed by atoms with E-state index >= 15 is 0 Å². The van der Waals surface area contributed by atoms with E-state index in [9.17, 15) is 0 Å². The number of ether oxygens (including phenoxy) is 1. The van der Waals surface area contributed by atoms with Gasteiger partial charge in [-0.3, -0.25) is 0 Å². The summed E-state index contributed by atoms with van der Waals surface area (Å²) in [5.74, 6) is 2.15. The molecule has 1 fully saturated rings. The van der Waals surface area contributed by atoms with Crippen LogP contribution in [0, 0.1) is 17.2 Å². The Labute approximate surface area is 161 Å². The Hall–Kier alpha value is -2.03. The predicted octanol–water partition coefficient (Wildman–Crippen LogP) is 4.83. The summed E-state index contributed by atoms with van der Waals surface area (Å²) >= 11 is 0. The number of nitriles is 1. The summed E-state index contributed by atoms with van der Waals surface area (Å²) in [4.78, 5) is 0. The van der Waals surface area contributed by atoms with E-state index in [0.29, 0.717) is 24.1 Å². The van der Waals surface area contributed by atoms with Gasteiger partial charge >= 0.3 is 0 Å². The maximum atomic E-state index is 8.93. The monoisotopic (exact) mass is 374 g/mol. The molecule has 3 rings (SSSR count). The SMILES string of the molecule is CNCc1cc(Oc2ccc(C#N)cc2)n(C(C)C2CCCCC2)n1.Cl. The summed E-state index contributed by atoms with van der Waals surface area (Å²) in [6, 6.07) is 11.7. The number of nitrogens with zero attached hydrogens (tertiary/aromatic N) is 3. The summed E-state index contributed by atoms with van der Waals surface area (Å²) in [6.45, 7) is 2.96. The third kappa shape index (κ3) is 4.78. The zero-order valence-corrected chi connectivity index (χ0v) is 16.3. The van der Waals surface area contributed by atoms with E-state index < -0.39 is 0 Å². The van der Waals surface area contributed by atoms with E-state index in [1.807, 2.05) is 29.9 Å². The Balaban J connectivity index is 0.00000243. The number of halogens is 1. The van der Waals surface area contributed by atoms with Crippen molar-refractivity contribution in [3.8, 4) is 17.7 Å². The van der Waals surface area contributed by atoms with Gasteiger partial charge in [-0.2, -0.15) is 10.4 Å². The van der Waals surface area contributed by atoms with Crippen LogP contribution in [0.25, 0.3) is 0 Å². The van der Waals surface area contributed by atoms with Gasteiger partial charge in [-0.25, -0.2) is 4.68 Å². The van der Waals surface area contributed by atoms with Crippen LogP contribution in [-0.2, 0) is 6.54 Å². The molecule has 1 saturated carbocycles. The fourth-order valence-corrected chi connectivity index (χ4v) is 3.60. The molecule has 6 heteroatoms. The zero-order chi connectivity index (χ0) is 17.6. The molecule has 1 heterocycles. The van der Waals surface area contributed by atoms with E-state index in [-0.39, 0.29) is 12.4 Å². The Kier molecular flexibility index (Phi) is 7.50. The van der Waals surface area contributed by atoms with Gasteiger partial charge in [0, 0.05) is 12.6 Å². The molecule has 26 heavy (non-hydrogen) atoms. The minimum absolute atomic E-state index is 0. The van der Waals surface area contributed by atoms with Crippen molar-refractivity contribution in [2.75, 3.05) is 7.05 Å². The van der Waals surface area contributed by atoms with Crippen molar-refractivity contribution in [2.45, 2.75) is 51.6 Å². The third-order valence-corrected chi connectivity index (χ3v) is 5.03. The van der Waals surface area contributed by atoms with Crippen LogP contribution in [0.4, 0.5) is 0 Å². The lowest BCUT2D eigenvalue weighted by Gasteiger charge is -2.28. The first-order valence-corrected chi connectivity index (χ1v) is 9.12. The van der Waals surface area contributed by atoms with Crippen LogP contribution in [0.15, 0.2) is 30.3 Å². The average molecular weight is 375 g/mol. The topological polar surface area (TPSA) is 62.9 Å². The summed E-state index contributed by atoms with van der Waals surface area (Å²) in [5, 5.41) is 16.9. The van der Waals surface area contributed by atoms with Gasteiger partial charge in [0.05, 0.1) is 23.4 Å². The van der Waals surface area contributed by atoms with Crippen molar-refractivity contribution in [3.05, 3.63) is 41.6 Å². The second kappa shape index (κ2) is 9.61. The summed E-state index contributed by atoms with van der Waals surface area (Å²) < 4.78 is 8.15. The molecule has 1 atom stereocenters. The minimum Gasteiger partial charge on any atom is -0.439 e. The Bertz CT molecular complexity index is 729. The minimum atomic E-state index is 0. The van der Waals surface area contributed by atoms with E-state index in [4.69, 9.17) is 15.1 Å². The predicted molar refractivity (Wildman–Crippen MR) is 105 cm³/mol. The summed E-state index contributed by atoms with van der Waals surface area (Å²) in [5.41, 5.74) is 1.61. The van der Waals surface area contributed by atoms with Crippen LogP contribution in [0.1, 0.15) is 56.3 Å². The Morgan fingerprint density at radius 2 is 1.96 bits per heavy atom. The number of rotatable bonds is 6. The molecule has 0 amide bonds. The van der Waals surface area contributed by atoms with Crippen molar-refractivity contribution in [1.82, 2.24) is 15.1 Å². The molecule has 0 bridgehead atoms. The van der Waals surface area contributed by atoms with Gasteiger partial charge in [-0.05, 0) is 57.0 Å². The molecule has 0 spiro atoms. The molecule has 1 N–H and O–H groups in total. The average Bonchev–Trinajstić information content (AvgIpc) is 3.05. The Morgan fingerprint density at radius 3 is 2.58 bits per heavy atom. The number of benzene rings is 1. The zero-order valence-electron chi connectivity index (χ0n) is 15.4. The van der Waals surface area contributed by atoms with E-state index in [2.05, 4.69) is 18.3 Å². The maximum Gasteiger partial charge on any atom is 0.218 e. The molecule has 1 aromatic heterocycles. The van der Waals surface area contributed by atoms with Gasteiger partial charge < -0.3 is 10.1 Å². The van der Waals surface area contributed by atoms with Crippen LogP contribution in [0.5, 0.6) is 11.6 Å². The molecule has 1 aliphatic carbocycles. The lowest BCUT2D eigenvalue weighted by Crippen LogP contribution is -2.21. The molecule has 1 unspecified atom stereocenters. The normalized spacial score (nSPS) is 15.7. The van der Waals surface area contributed by atoms with Crippen molar-refractivity contribution in [1.29, 1.82) is 5.26 Å². The molecule has 5 nitrogen and oxygen atoms in total. The highest BCUT2D eigenvalue weighted by atomic mass is 35.5. The highest BCUT2D eigenvalue weighted by molar-refractivity contribution is 5.85. The van der Waals surface area contributed by atoms with Crippen LogP contribution < -0.4 is 10.1 Å². The smallest absolute Gasteiger partial charge is 0.218 e. The third-order valence-electron chi connectivity index (χ3n) is 5.03. The molecule has 1 aliphatic rings. The van der Waals surface area contributed by atoms with E-state index in [1.54, 1.807) is 12.1 Å². The molecule has 0 radical (unpaired) electrons. The fraction of sp³-hybridized carbons (Fsp3) is 0.500. The molecule has 0 saturated heterocycles. The van der Waals surface area contributed by atoms with Crippen molar-refractivity contribution >= 4 is 12.4 Å². The first-order chi connectivity index (χ1) is 12.2. The number of aromatic nitrogens is 2. The first-order valence-electron chi connectivity index (χ1n) is 9.12. The highest BCUT2D eigenvalue weighted by Gasteiger charge is 2.25. The fourth-order valence-electron chi connectivity index (χ4n) is 3.60. The van der Waals surface area contributed by atoms with Gasteiger partial charge in [0.15, 0.2) is 0 Å². The maximum absolute atomic E-state index is 8.93. The van der Waals surface area contributed by atoms with E-state index in [0.717, 1.165) is 17.3 Å². The van der Waals surface area contributed by atoms with Crippen LogP contribution >= 0.6 is 12.4 Å². The van der Waals surface area contributed by atoms with Gasteiger partial charge in [0.2, 0.25) is 5.88 Å². The highest BCUT2D eigenvalue weighted by Crippen LogP contribution is 2.35. The van der Waals surface area contributed by atoms with Gasteiger partial charge in [0.1, 0.15) is 5.75 Å². The standard InChI is InChI=1S/C20H26N4O.ClH/c1-15(17-6-4-3-5-7-17)24-20(12-18(23-24)14-22-2)25-19-10-8-16(13-21)9-11-19;/h8-12,15,17,22H,3-7,14H2,1-2H3;1H. The molecular weight excluding hydrogens is 348 g/mol. The van der Waals surface area contributed by atoms with Crippen LogP contribution in [0.2, 0.25) is 0 Å². The van der Waals surface area contributed by atoms with Crippen LogP contribution in [-0.4, -0.2) is 16.8 Å². The van der Waals surface area contributed by atoms with E-state index in [1.165, 1.54) is 32.1 Å². The number of nitrogens with one attached hydrogen (secondary N) is 1. The van der Waals surface area contributed by atoms with Gasteiger partial charge in [-0.15, -0.1) is 12.4 Å². The van der Waals surface area contributed by atoms with Crippen molar-refractivity contribution in [2.24, 2.45) is 5.92 Å². The molecule has 140 valence electrons. The van der Waals surface area contributed by atoms with Gasteiger partial charge in [0.25, 0.3) is 0 Å². The lowest BCUT2D eigenvalue weighted by molar-refractivity contribution is 0.234. The molecular formula is C20H27ClN4O. The Morgan fingerprint density at radius 1 is 1.27 bits per heavy atom. The molecule has 2 aromatic rings. The number of hydrogen-bond acceptors (Lipinski definition) is 4. The summed E-state index contributed by atoms with van der Waals surface area (Å²) in [7, 11) is 1.92. The van der Waals surface area contributed by atoms with Crippen molar-refractivity contribution in [3.63, 3.8) is 0 Å². The largest absolute Gasteiger partial charge is 0.439 e. The lowest BCUT2D eigenvalue weighted by atomic mass is 9.85. The first kappa shape index (κ1) is 20.3. The van der Waals surface area contributed by atoms with Crippen LogP contribution in [0.3, 0.4) is 0 Å². The molecule has 0 aliphatic heterocycles. The molecule has 1 aromatic carbocycles. The summed E-state index contributed by atoms with van der Waals surface area (Å²) in [6.07, 6.45) is 6.50. The second-order valence-electron chi connectivity index (χ2n) is 6.83.